The molecule has 0 atom stereocenters. The highest BCUT2D eigenvalue weighted by atomic mass is 35.5. The molecule has 0 saturated carbocycles. The molecule has 0 amide bonds. The number of benzene rings is 2. The van der Waals surface area contributed by atoms with Crippen LogP contribution in [0.1, 0.15) is 16.8 Å². The highest BCUT2D eigenvalue weighted by molar-refractivity contribution is 6.35. The zero-order valence-electron chi connectivity index (χ0n) is 16.6. The molecular formula is C23H22Cl2N2O3. The van der Waals surface area contributed by atoms with E-state index in [1.807, 2.05) is 42.6 Å². The smallest absolute Gasteiger partial charge is 0.223 e. The number of nitrogens with zero attached hydrogens (tertiary/aromatic N) is 2. The van der Waals surface area contributed by atoms with E-state index in [0.29, 0.717) is 35.5 Å². The van der Waals surface area contributed by atoms with Gasteiger partial charge in [0, 0.05) is 48.0 Å². The third-order valence-corrected chi connectivity index (χ3v) is 5.77. The van der Waals surface area contributed by atoms with Crippen molar-refractivity contribution in [1.82, 2.24) is 9.47 Å². The van der Waals surface area contributed by atoms with E-state index in [9.17, 15) is 4.79 Å². The van der Waals surface area contributed by atoms with Gasteiger partial charge in [0.05, 0.1) is 13.3 Å². The third kappa shape index (κ3) is 4.81. The second-order valence-corrected chi connectivity index (χ2v) is 8.11. The molecule has 0 fully saturated rings. The number of rotatable bonds is 6. The van der Waals surface area contributed by atoms with Crippen LogP contribution in [0.4, 0.5) is 0 Å². The number of hydrogen-bond acceptors (Lipinski definition) is 4. The number of fused-ring (bicyclic) bond motifs is 1. The van der Waals surface area contributed by atoms with Crippen LogP contribution in [0.3, 0.4) is 0 Å². The van der Waals surface area contributed by atoms with Gasteiger partial charge < -0.3 is 14.0 Å². The normalized spacial score (nSPS) is 13.7. The molecule has 2 aromatic carbocycles. The number of halogens is 2. The van der Waals surface area contributed by atoms with Gasteiger partial charge in [-0.15, -0.1) is 0 Å². The highest BCUT2D eigenvalue weighted by Crippen LogP contribution is 2.24. The molecule has 0 N–H and O–H groups in total. The average Bonchev–Trinajstić information content (AvgIpc) is 2.74. The quantitative estimate of drug-likeness (QED) is 0.549. The first-order valence-corrected chi connectivity index (χ1v) is 10.4. The summed E-state index contributed by atoms with van der Waals surface area (Å²) in [5, 5.41) is 1.29. The van der Waals surface area contributed by atoms with Crippen molar-refractivity contribution in [3.05, 3.63) is 91.8 Å². The largest absolute Gasteiger partial charge is 0.497 e. The Morgan fingerprint density at radius 3 is 2.57 bits per heavy atom. The second kappa shape index (κ2) is 9.13. The maximum atomic E-state index is 12.6. The summed E-state index contributed by atoms with van der Waals surface area (Å²) < 4.78 is 13.0. The minimum absolute atomic E-state index is 0.110. The molecular weight excluding hydrogens is 423 g/mol. The van der Waals surface area contributed by atoms with Gasteiger partial charge in [-0.25, -0.2) is 0 Å². The van der Waals surface area contributed by atoms with Crippen LogP contribution in [-0.4, -0.2) is 23.1 Å². The summed E-state index contributed by atoms with van der Waals surface area (Å²) in [5.74, 6) is 1.15. The Bertz CT molecular complexity index is 1100. The Hall–Kier alpha value is -2.47. The van der Waals surface area contributed by atoms with Crippen molar-refractivity contribution < 1.29 is 9.47 Å². The van der Waals surface area contributed by atoms with E-state index in [4.69, 9.17) is 32.7 Å². The first-order valence-electron chi connectivity index (χ1n) is 9.67. The molecule has 156 valence electrons. The van der Waals surface area contributed by atoms with E-state index in [0.717, 1.165) is 35.7 Å². The Kier molecular flexibility index (Phi) is 6.32. The van der Waals surface area contributed by atoms with Crippen LogP contribution in [0, 0.1) is 0 Å². The van der Waals surface area contributed by atoms with Gasteiger partial charge in [0.15, 0.2) is 5.75 Å². The fraction of sp³-hybridized carbons (Fsp3) is 0.261. The molecule has 1 aliphatic heterocycles. The average molecular weight is 445 g/mol. The van der Waals surface area contributed by atoms with Crippen LogP contribution in [0.5, 0.6) is 11.5 Å². The van der Waals surface area contributed by atoms with Gasteiger partial charge in [0.2, 0.25) is 5.43 Å². The Labute approximate surface area is 185 Å². The van der Waals surface area contributed by atoms with Crippen molar-refractivity contribution in [3.63, 3.8) is 0 Å². The van der Waals surface area contributed by atoms with Crippen LogP contribution < -0.4 is 14.9 Å². The maximum Gasteiger partial charge on any atom is 0.223 e. The van der Waals surface area contributed by atoms with Crippen molar-refractivity contribution in [2.45, 2.75) is 26.2 Å². The SMILES string of the molecule is COc1ccc(COc2cn3c(cc2=O)CN(Cc2ccc(Cl)cc2Cl)CC3)cc1. The minimum atomic E-state index is -0.110. The van der Waals surface area contributed by atoms with Crippen molar-refractivity contribution in [2.75, 3.05) is 13.7 Å². The second-order valence-electron chi connectivity index (χ2n) is 7.27. The summed E-state index contributed by atoms with van der Waals surface area (Å²) in [6, 6.07) is 14.8. The number of pyridine rings is 1. The van der Waals surface area contributed by atoms with E-state index in [2.05, 4.69) is 9.47 Å². The molecule has 2 heterocycles. The van der Waals surface area contributed by atoms with Gasteiger partial charge in [-0.2, -0.15) is 0 Å². The molecule has 3 aromatic rings. The number of methoxy groups -OCH3 is 1. The van der Waals surface area contributed by atoms with Gasteiger partial charge in [-0.3, -0.25) is 9.69 Å². The van der Waals surface area contributed by atoms with Crippen molar-refractivity contribution in [2.24, 2.45) is 0 Å². The molecule has 5 nitrogen and oxygen atoms in total. The van der Waals surface area contributed by atoms with Crippen LogP contribution in [-0.2, 0) is 26.2 Å². The number of aromatic nitrogens is 1. The van der Waals surface area contributed by atoms with Crippen molar-refractivity contribution in [3.8, 4) is 11.5 Å². The summed E-state index contributed by atoms with van der Waals surface area (Å²) in [7, 11) is 1.63. The van der Waals surface area contributed by atoms with E-state index >= 15 is 0 Å². The first kappa shape index (κ1) is 20.8. The molecule has 0 unspecified atom stereocenters. The molecule has 0 radical (unpaired) electrons. The van der Waals surface area contributed by atoms with Gasteiger partial charge >= 0.3 is 0 Å². The molecule has 0 aliphatic carbocycles. The number of hydrogen-bond donors (Lipinski definition) is 0. The van der Waals surface area contributed by atoms with E-state index in [1.165, 1.54) is 0 Å². The van der Waals surface area contributed by atoms with Crippen molar-refractivity contribution >= 4 is 23.2 Å². The highest BCUT2D eigenvalue weighted by Gasteiger charge is 2.18. The predicted octanol–water partition coefficient (Wildman–Crippen LogP) is 4.76. The predicted molar refractivity (Wildman–Crippen MR) is 119 cm³/mol. The molecule has 4 rings (SSSR count). The molecule has 0 spiro atoms. The zero-order chi connectivity index (χ0) is 21.1. The lowest BCUT2D eigenvalue weighted by atomic mass is 10.1. The Morgan fingerprint density at radius 1 is 1.03 bits per heavy atom. The van der Waals surface area contributed by atoms with E-state index in [1.54, 1.807) is 19.2 Å². The first-order chi connectivity index (χ1) is 14.5. The summed E-state index contributed by atoms with van der Waals surface area (Å²) in [4.78, 5) is 14.8. The molecule has 30 heavy (non-hydrogen) atoms. The summed E-state index contributed by atoms with van der Waals surface area (Å²) in [6.45, 7) is 3.35. The fourth-order valence-electron chi connectivity index (χ4n) is 3.51. The van der Waals surface area contributed by atoms with Gasteiger partial charge in [-0.05, 0) is 35.4 Å². The van der Waals surface area contributed by atoms with Gasteiger partial charge in [0.1, 0.15) is 12.4 Å². The summed E-state index contributed by atoms with van der Waals surface area (Å²) in [5.41, 5.74) is 2.86. The van der Waals surface area contributed by atoms with Gasteiger partial charge in [-0.1, -0.05) is 41.4 Å². The lowest BCUT2D eigenvalue weighted by molar-refractivity contribution is 0.208. The molecule has 7 heteroatoms. The van der Waals surface area contributed by atoms with Crippen LogP contribution in [0.25, 0.3) is 0 Å². The van der Waals surface area contributed by atoms with Crippen LogP contribution in [0.15, 0.2) is 59.5 Å². The van der Waals surface area contributed by atoms with Crippen molar-refractivity contribution in [1.29, 1.82) is 0 Å². The zero-order valence-corrected chi connectivity index (χ0v) is 18.1. The van der Waals surface area contributed by atoms with Crippen LogP contribution in [0.2, 0.25) is 10.0 Å². The Morgan fingerprint density at radius 2 is 1.83 bits per heavy atom. The lowest BCUT2D eigenvalue weighted by Gasteiger charge is -2.30. The van der Waals surface area contributed by atoms with E-state index in [-0.39, 0.29) is 5.43 Å². The number of ether oxygens (including phenoxy) is 2. The molecule has 0 bridgehead atoms. The molecule has 0 saturated heterocycles. The van der Waals surface area contributed by atoms with Gasteiger partial charge in [0.25, 0.3) is 0 Å². The monoisotopic (exact) mass is 444 g/mol. The standard InChI is InChI=1S/C23H22Cl2N2O3/c1-29-20-6-2-16(3-7-20)15-30-23-14-27-9-8-26(13-19(27)11-22(23)28)12-17-4-5-18(24)10-21(17)25/h2-7,10-11,14H,8-9,12-13,15H2,1H3. The molecule has 1 aliphatic rings. The van der Waals surface area contributed by atoms with Crippen LogP contribution >= 0.6 is 23.2 Å². The van der Waals surface area contributed by atoms with E-state index < -0.39 is 0 Å². The summed E-state index contributed by atoms with van der Waals surface area (Å²) in [6.07, 6.45) is 1.81. The third-order valence-electron chi connectivity index (χ3n) is 5.19. The summed E-state index contributed by atoms with van der Waals surface area (Å²) >= 11 is 12.3. The molecule has 1 aromatic heterocycles. The Balaban J connectivity index is 1.43. The maximum absolute atomic E-state index is 12.6. The fourth-order valence-corrected chi connectivity index (χ4v) is 3.98. The topological polar surface area (TPSA) is 43.7 Å². The minimum Gasteiger partial charge on any atom is -0.497 e. The lowest BCUT2D eigenvalue weighted by Crippen LogP contribution is -2.35.